The molecule has 20 heavy (non-hydrogen) atoms. The minimum atomic E-state index is -0.413. The van der Waals surface area contributed by atoms with Gasteiger partial charge >= 0.3 is 0 Å². The summed E-state index contributed by atoms with van der Waals surface area (Å²) in [7, 11) is 0. The van der Waals surface area contributed by atoms with Gasteiger partial charge < -0.3 is 10.4 Å². The molecule has 0 bridgehead atoms. The number of hydrogen-bond acceptors (Lipinski definition) is 4. The van der Waals surface area contributed by atoms with Crippen molar-refractivity contribution in [1.29, 1.82) is 0 Å². The third-order valence-electron chi connectivity index (χ3n) is 2.90. The van der Waals surface area contributed by atoms with Crippen LogP contribution in [0.1, 0.15) is 11.1 Å². The SMILES string of the molecule is O=[N+]([O-])c1ccccc1CNCc1c(O)cccc1Cl. The van der Waals surface area contributed by atoms with Crippen molar-refractivity contribution in [1.82, 2.24) is 5.32 Å². The van der Waals surface area contributed by atoms with Crippen LogP contribution in [0.3, 0.4) is 0 Å². The number of benzene rings is 2. The van der Waals surface area contributed by atoms with Gasteiger partial charge in [-0.25, -0.2) is 0 Å². The molecular formula is C14H13ClN2O3. The second-order valence-corrected chi connectivity index (χ2v) is 4.63. The van der Waals surface area contributed by atoms with Crippen LogP contribution in [0.4, 0.5) is 5.69 Å². The molecule has 0 saturated heterocycles. The Morgan fingerprint density at radius 1 is 1.15 bits per heavy atom. The molecule has 0 fully saturated rings. The van der Waals surface area contributed by atoms with Crippen LogP contribution < -0.4 is 5.32 Å². The number of para-hydroxylation sites is 1. The smallest absolute Gasteiger partial charge is 0.273 e. The van der Waals surface area contributed by atoms with E-state index in [0.717, 1.165) is 0 Å². The van der Waals surface area contributed by atoms with Gasteiger partial charge in [-0.2, -0.15) is 0 Å². The molecule has 0 radical (unpaired) electrons. The van der Waals surface area contributed by atoms with Crippen molar-refractivity contribution in [3.05, 3.63) is 68.7 Å². The zero-order valence-electron chi connectivity index (χ0n) is 10.5. The molecule has 2 rings (SSSR count). The van der Waals surface area contributed by atoms with Crippen LogP contribution in [-0.2, 0) is 13.1 Å². The Hall–Kier alpha value is -2.11. The summed E-state index contributed by atoms with van der Waals surface area (Å²) in [5, 5.41) is 24.1. The van der Waals surface area contributed by atoms with Gasteiger partial charge in [0.05, 0.1) is 4.92 Å². The minimum absolute atomic E-state index is 0.0726. The van der Waals surface area contributed by atoms with E-state index in [1.54, 1.807) is 36.4 Å². The van der Waals surface area contributed by atoms with Crippen molar-refractivity contribution in [3.8, 4) is 5.75 Å². The summed E-state index contributed by atoms with van der Waals surface area (Å²) in [6.45, 7) is 0.652. The highest BCUT2D eigenvalue weighted by atomic mass is 35.5. The standard InChI is InChI=1S/C14H13ClN2O3/c15-12-5-3-7-14(18)11(12)9-16-8-10-4-1-2-6-13(10)17(19)20/h1-7,16,18H,8-9H2. The molecule has 0 amide bonds. The molecule has 0 saturated carbocycles. The van der Waals surface area contributed by atoms with Gasteiger partial charge in [-0.15, -0.1) is 0 Å². The molecule has 104 valence electrons. The second kappa shape index (κ2) is 6.36. The molecule has 0 aliphatic carbocycles. The monoisotopic (exact) mass is 292 g/mol. The fourth-order valence-corrected chi connectivity index (χ4v) is 2.12. The fourth-order valence-electron chi connectivity index (χ4n) is 1.88. The van der Waals surface area contributed by atoms with Gasteiger partial charge in [0, 0.05) is 35.3 Å². The average molecular weight is 293 g/mol. The molecule has 0 aromatic heterocycles. The van der Waals surface area contributed by atoms with E-state index in [4.69, 9.17) is 11.6 Å². The Labute approximate surface area is 121 Å². The number of hydrogen-bond donors (Lipinski definition) is 2. The van der Waals surface area contributed by atoms with Crippen molar-refractivity contribution >= 4 is 17.3 Å². The molecule has 6 heteroatoms. The summed E-state index contributed by atoms with van der Waals surface area (Å²) in [6, 6.07) is 11.4. The maximum atomic E-state index is 10.9. The summed E-state index contributed by atoms with van der Waals surface area (Å²) in [4.78, 5) is 10.5. The molecule has 2 N–H and O–H groups in total. The first kappa shape index (κ1) is 14.3. The molecule has 0 unspecified atom stereocenters. The summed E-state index contributed by atoms with van der Waals surface area (Å²) in [5.74, 6) is 0.104. The topological polar surface area (TPSA) is 75.4 Å². The van der Waals surface area contributed by atoms with E-state index in [2.05, 4.69) is 5.32 Å². The number of nitro benzene ring substituents is 1. The van der Waals surface area contributed by atoms with Crippen molar-refractivity contribution < 1.29 is 10.0 Å². The van der Waals surface area contributed by atoms with E-state index in [-0.39, 0.29) is 11.4 Å². The first-order chi connectivity index (χ1) is 9.59. The van der Waals surface area contributed by atoms with Crippen molar-refractivity contribution in [3.63, 3.8) is 0 Å². The highest BCUT2D eigenvalue weighted by Crippen LogP contribution is 2.25. The Morgan fingerprint density at radius 3 is 2.60 bits per heavy atom. The largest absolute Gasteiger partial charge is 0.508 e. The van der Waals surface area contributed by atoms with Crippen LogP contribution in [0, 0.1) is 10.1 Å². The van der Waals surface area contributed by atoms with Crippen LogP contribution in [-0.4, -0.2) is 10.0 Å². The molecule has 2 aromatic carbocycles. The number of nitrogens with one attached hydrogen (secondary N) is 1. The molecular weight excluding hydrogens is 280 g/mol. The molecule has 0 heterocycles. The number of phenols is 1. The van der Waals surface area contributed by atoms with Crippen molar-refractivity contribution in [2.24, 2.45) is 0 Å². The van der Waals surface area contributed by atoms with Gasteiger partial charge in [-0.05, 0) is 12.1 Å². The molecule has 2 aromatic rings. The van der Waals surface area contributed by atoms with Gasteiger partial charge in [0.15, 0.2) is 0 Å². The van der Waals surface area contributed by atoms with Crippen LogP contribution >= 0.6 is 11.6 Å². The summed E-state index contributed by atoms with van der Waals surface area (Å²) < 4.78 is 0. The van der Waals surface area contributed by atoms with E-state index >= 15 is 0 Å². The van der Waals surface area contributed by atoms with Crippen molar-refractivity contribution in [2.75, 3.05) is 0 Å². The lowest BCUT2D eigenvalue weighted by atomic mass is 10.1. The summed E-state index contributed by atoms with van der Waals surface area (Å²) in [6.07, 6.45) is 0. The second-order valence-electron chi connectivity index (χ2n) is 4.23. The van der Waals surface area contributed by atoms with Gasteiger partial charge in [-0.1, -0.05) is 35.9 Å². The van der Waals surface area contributed by atoms with E-state index in [0.29, 0.717) is 29.2 Å². The highest BCUT2D eigenvalue weighted by Gasteiger charge is 2.12. The Balaban J connectivity index is 2.05. The Morgan fingerprint density at radius 2 is 1.90 bits per heavy atom. The lowest BCUT2D eigenvalue weighted by Crippen LogP contribution is -2.14. The predicted molar refractivity (Wildman–Crippen MR) is 76.8 cm³/mol. The predicted octanol–water partition coefficient (Wildman–Crippen LogP) is 3.24. The van der Waals surface area contributed by atoms with Crippen LogP contribution in [0.25, 0.3) is 0 Å². The molecule has 5 nitrogen and oxygen atoms in total. The van der Waals surface area contributed by atoms with Crippen molar-refractivity contribution in [2.45, 2.75) is 13.1 Å². The number of nitrogens with zero attached hydrogens (tertiary/aromatic N) is 1. The molecule has 0 aliphatic rings. The normalized spacial score (nSPS) is 10.4. The Bertz CT molecular complexity index is 611. The van der Waals surface area contributed by atoms with Gasteiger partial charge in [-0.3, -0.25) is 10.1 Å². The van der Waals surface area contributed by atoms with Crippen LogP contribution in [0.2, 0.25) is 5.02 Å². The number of rotatable bonds is 5. The van der Waals surface area contributed by atoms with E-state index in [9.17, 15) is 15.2 Å². The lowest BCUT2D eigenvalue weighted by molar-refractivity contribution is -0.385. The maximum absolute atomic E-state index is 10.9. The quantitative estimate of drug-likeness (QED) is 0.655. The number of nitro groups is 1. The minimum Gasteiger partial charge on any atom is -0.508 e. The van der Waals surface area contributed by atoms with E-state index < -0.39 is 4.92 Å². The van der Waals surface area contributed by atoms with Gasteiger partial charge in [0.2, 0.25) is 0 Å². The summed E-state index contributed by atoms with van der Waals surface area (Å²) in [5.41, 5.74) is 1.24. The van der Waals surface area contributed by atoms with Crippen LogP contribution in [0.15, 0.2) is 42.5 Å². The highest BCUT2D eigenvalue weighted by molar-refractivity contribution is 6.31. The third kappa shape index (κ3) is 3.26. The van der Waals surface area contributed by atoms with E-state index in [1.807, 2.05) is 0 Å². The number of aromatic hydroxyl groups is 1. The van der Waals surface area contributed by atoms with Gasteiger partial charge in [0.1, 0.15) is 5.75 Å². The number of phenolic OH excluding ortho intramolecular Hbond substituents is 1. The average Bonchev–Trinajstić information content (AvgIpc) is 2.42. The zero-order valence-corrected chi connectivity index (χ0v) is 11.3. The number of halogens is 1. The fraction of sp³-hybridized carbons (Fsp3) is 0.143. The molecule has 0 spiro atoms. The van der Waals surface area contributed by atoms with Gasteiger partial charge in [0.25, 0.3) is 5.69 Å². The molecule has 0 aliphatic heterocycles. The zero-order chi connectivity index (χ0) is 14.5. The molecule has 0 atom stereocenters. The Kier molecular flexibility index (Phi) is 4.55. The van der Waals surface area contributed by atoms with Crippen LogP contribution in [0.5, 0.6) is 5.75 Å². The van der Waals surface area contributed by atoms with E-state index in [1.165, 1.54) is 6.07 Å². The summed E-state index contributed by atoms with van der Waals surface area (Å²) >= 11 is 5.98. The lowest BCUT2D eigenvalue weighted by Gasteiger charge is -2.09. The maximum Gasteiger partial charge on any atom is 0.273 e. The first-order valence-electron chi connectivity index (χ1n) is 5.99. The first-order valence-corrected chi connectivity index (χ1v) is 6.36. The third-order valence-corrected chi connectivity index (χ3v) is 3.25.